The lowest BCUT2D eigenvalue weighted by molar-refractivity contribution is -0.116. The van der Waals surface area contributed by atoms with Crippen LogP contribution in [0.15, 0.2) is 93.6 Å². The lowest BCUT2D eigenvalue weighted by Crippen LogP contribution is -2.24. The first-order chi connectivity index (χ1) is 15.8. The molecule has 168 valence electrons. The number of hydrogen-bond donors (Lipinski definition) is 1. The molecule has 33 heavy (non-hydrogen) atoms. The van der Waals surface area contributed by atoms with Gasteiger partial charge in [0.2, 0.25) is 21.2 Å². The van der Waals surface area contributed by atoms with E-state index >= 15 is 0 Å². The van der Waals surface area contributed by atoms with E-state index in [4.69, 9.17) is 4.74 Å². The fraction of sp³-hybridized carbons (Fsp3) is 0.120. The van der Waals surface area contributed by atoms with Gasteiger partial charge in [-0.2, -0.15) is 0 Å². The van der Waals surface area contributed by atoms with Crippen LogP contribution in [-0.4, -0.2) is 26.0 Å². The largest absolute Gasteiger partial charge is 0.497 e. The van der Waals surface area contributed by atoms with Gasteiger partial charge in [0.15, 0.2) is 0 Å². The van der Waals surface area contributed by atoms with Crippen LogP contribution in [0.3, 0.4) is 0 Å². The third-order valence-corrected chi connectivity index (χ3v) is 7.11. The predicted molar refractivity (Wildman–Crippen MR) is 126 cm³/mol. The number of pyridine rings is 1. The minimum atomic E-state index is -4.13. The molecule has 4 rings (SSSR count). The third kappa shape index (κ3) is 4.38. The number of methoxy groups -OCH3 is 1. The van der Waals surface area contributed by atoms with E-state index in [0.29, 0.717) is 17.0 Å². The number of carbonyl (C=O) groups is 1. The number of ether oxygens (including phenoxy) is 1. The molecule has 1 aromatic heterocycles. The molecule has 0 spiro atoms. The Morgan fingerprint density at radius 3 is 2.33 bits per heavy atom. The van der Waals surface area contributed by atoms with Gasteiger partial charge in [-0.3, -0.25) is 9.59 Å². The van der Waals surface area contributed by atoms with Crippen LogP contribution in [0.1, 0.15) is 5.56 Å². The van der Waals surface area contributed by atoms with Gasteiger partial charge in [0.1, 0.15) is 17.2 Å². The average molecular weight is 463 g/mol. The van der Waals surface area contributed by atoms with Crippen molar-refractivity contribution in [1.82, 2.24) is 4.57 Å². The highest BCUT2D eigenvalue weighted by Gasteiger charge is 2.24. The molecular weight excluding hydrogens is 440 g/mol. The van der Waals surface area contributed by atoms with Gasteiger partial charge in [-0.1, -0.05) is 30.3 Å². The number of amides is 1. The first-order valence-electron chi connectivity index (χ1n) is 10.2. The molecule has 1 N–H and O–H groups in total. The van der Waals surface area contributed by atoms with Gasteiger partial charge in [-0.25, -0.2) is 8.42 Å². The minimum absolute atomic E-state index is 0.0356. The molecule has 0 aliphatic rings. The molecule has 1 heterocycles. The molecule has 0 unspecified atom stereocenters. The second-order valence-electron chi connectivity index (χ2n) is 7.51. The lowest BCUT2D eigenvalue weighted by atomic mass is 10.2. The van der Waals surface area contributed by atoms with E-state index in [9.17, 15) is 18.0 Å². The Morgan fingerprint density at radius 1 is 0.970 bits per heavy atom. The minimum Gasteiger partial charge on any atom is -0.497 e. The zero-order valence-corrected chi connectivity index (χ0v) is 18.9. The van der Waals surface area contributed by atoms with Gasteiger partial charge in [0.05, 0.1) is 17.5 Å². The smallest absolute Gasteiger partial charge is 0.244 e. The Bertz CT molecular complexity index is 1510. The monoisotopic (exact) mass is 462 g/mol. The molecule has 0 aliphatic heterocycles. The van der Waals surface area contributed by atoms with Gasteiger partial charge < -0.3 is 14.6 Å². The van der Waals surface area contributed by atoms with Crippen molar-refractivity contribution in [1.29, 1.82) is 0 Å². The van der Waals surface area contributed by atoms with Crippen LogP contribution in [0.2, 0.25) is 0 Å². The maximum atomic E-state index is 13.3. The first kappa shape index (κ1) is 22.3. The van der Waals surface area contributed by atoms with E-state index < -0.39 is 20.2 Å². The van der Waals surface area contributed by atoms with Crippen LogP contribution in [0.5, 0.6) is 5.75 Å². The summed E-state index contributed by atoms with van der Waals surface area (Å²) in [7, 11) is -2.65. The van der Waals surface area contributed by atoms with Crippen molar-refractivity contribution in [2.75, 3.05) is 12.4 Å². The van der Waals surface area contributed by atoms with Crippen molar-refractivity contribution in [3.63, 3.8) is 0 Å². The number of sulfone groups is 1. The second kappa shape index (κ2) is 8.91. The fourth-order valence-electron chi connectivity index (χ4n) is 3.58. The highest BCUT2D eigenvalue weighted by atomic mass is 32.2. The number of benzene rings is 3. The number of aryl methyl sites for hydroxylation is 1. The quantitative estimate of drug-likeness (QED) is 0.471. The summed E-state index contributed by atoms with van der Waals surface area (Å²) >= 11 is 0. The number of rotatable bonds is 6. The van der Waals surface area contributed by atoms with Gasteiger partial charge in [0.25, 0.3) is 0 Å². The molecule has 4 aromatic rings. The maximum absolute atomic E-state index is 13.3. The summed E-state index contributed by atoms with van der Waals surface area (Å²) in [4.78, 5) is 25.5. The summed E-state index contributed by atoms with van der Waals surface area (Å²) in [6.07, 6.45) is 1.24. The predicted octanol–water partition coefficient (Wildman–Crippen LogP) is 3.79. The van der Waals surface area contributed by atoms with E-state index in [-0.39, 0.29) is 22.7 Å². The molecule has 3 aromatic carbocycles. The number of carbonyl (C=O) groups excluding carboxylic acids is 1. The molecular formula is C25H22N2O5S. The lowest BCUT2D eigenvalue weighted by Gasteiger charge is -2.15. The third-order valence-electron chi connectivity index (χ3n) is 5.35. The van der Waals surface area contributed by atoms with E-state index in [1.165, 1.54) is 42.1 Å². The van der Waals surface area contributed by atoms with Crippen molar-refractivity contribution in [2.24, 2.45) is 0 Å². The normalized spacial score (nSPS) is 11.3. The standard InChI is InChI=1S/C25H22N2O5S/c1-17-7-3-5-9-21(17)26-24(28)16-27-15-23(25(29)20-8-4-6-10-22(20)27)33(30,31)19-13-11-18(32-2)12-14-19/h3-15H,16H2,1-2H3,(H,26,28). The summed E-state index contributed by atoms with van der Waals surface area (Å²) < 4.78 is 33.2. The van der Waals surface area contributed by atoms with Crippen LogP contribution >= 0.6 is 0 Å². The second-order valence-corrected chi connectivity index (χ2v) is 9.43. The summed E-state index contributed by atoms with van der Waals surface area (Å²) in [5.74, 6) is 0.156. The van der Waals surface area contributed by atoms with Crippen molar-refractivity contribution >= 4 is 32.3 Å². The van der Waals surface area contributed by atoms with Gasteiger partial charge >= 0.3 is 0 Å². The summed E-state index contributed by atoms with van der Waals surface area (Å²) in [6, 6.07) is 19.8. The number of nitrogens with zero attached hydrogens (tertiary/aromatic N) is 1. The Balaban J connectivity index is 1.79. The Morgan fingerprint density at radius 2 is 1.64 bits per heavy atom. The maximum Gasteiger partial charge on any atom is 0.244 e. The van der Waals surface area contributed by atoms with Gasteiger partial charge in [-0.05, 0) is 55.0 Å². The number of para-hydroxylation sites is 2. The molecule has 0 saturated heterocycles. The van der Waals surface area contributed by atoms with Crippen molar-refractivity contribution in [3.05, 3.63) is 94.8 Å². The number of aromatic nitrogens is 1. The van der Waals surface area contributed by atoms with E-state index in [1.807, 2.05) is 25.1 Å². The summed E-state index contributed by atoms with van der Waals surface area (Å²) in [5, 5.41) is 3.06. The highest BCUT2D eigenvalue weighted by Crippen LogP contribution is 2.23. The Labute approximate surface area is 191 Å². The Kier molecular flexibility index (Phi) is 6.02. The fourth-order valence-corrected chi connectivity index (χ4v) is 4.95. The van der Waals surface area contributed by atoms with E-state index in [1.54, 1.807) is 30.3 Å². The zero-order valence-electron chi connectivity index (χ0n) is 18.1. The molecule has 0 radical (unpaired) electrons. The molecule has 0 bridgehead atoms. The Hall–Kier alpha value is -3.91. The first-order valence-corrected chi connectivity index (χ1v) is 11.7. The SMILES string of the molecule is COc1ccc(S(=O)(=O)c2cn(CC(=O)Nc3ccccc3C)c3ccccc3c2=O)cc1. The topological polar surface area (TPSA) is 94.5 Å². The van der Waals surface area contributed by atoms with E-state index in [0.717, 1.165) is 5.56 Å². The van der Waals surface area contributed by atoms with Gasteiger partial charge in [-0.15, -0.1) is 0 Å². The molecule has 8 heteroatoms. The van der Waals surface area contributed by atoms with Crippen LogP contribution in [0, 0.1) is 6.92 Å². The van der Waals surface area contributed by atoms with Crippen LogP contribution < -0.4 is 15.5 Å². The zero-order chi connectivity index (χ0) is 23.6. The highest BCUT2D eigenvalue weighted by molar-refractivity contribution is 7.91. The van der Waals surface area contributed by atoms with Crippen molar-refractivity contribution in [3.8, 4) is 5.75 Å². The van der Waals surface area contributed by atoms with Crippen LogP contribution in [-0.2, 0) is 21.2 Å². The summed E-state index contributed by atoms with van der Waals surface area (Å²) in [6.45, 7) is 1.71. The van der Waals surface area contributed by atoms with E-state index in [2.05, 4.69) is 5.32 Å². The summed E-state index contributed by atoms with van der Waals surface area (Å²) in [5.41, 5.74) is 1.42. The molecule has 7 nitrogen and oxygen atoms in total. The number of anilines is 1. The molecule has 1 amide bonds. The number of nitrogens with one attached hydrogen (secondary N) is 1. The average Bonchev–Trinajstić information content (AvgIpc) is 2.82. The van der Waals surface area contributed by atoms with Crippen LogP contribution in [0.25, 0.3) is 10.9 Å². The number of hydrogen-bond acceptors (Lipinski definition) is 5. The molecule has 0 aliphatic carbocycles. The van der Waals surface area contributed by atoms with Crippen molar-refractivity contribution in [2.45, 2.75) is 23.3 Å². The number of fused-ring (bicyclic) bond motifs is 1. The molecule has 0 fully saturated rings. The molecule has 0 atom stereocenters. The van der Waals surface area contributed by atoms with Crippen LogP contribution in [0.4, 0.5) is 5.69 Å². The van der Waals surface area contributed by atoms with Crippen molar-refractivity contribution < 1.29 is 17.9 Å². The van der Waals surface area contributed by atoms with Gasteiger partial charge in [0, 0.05) is 17.3 Å². The molecule has 0 saturated carbocycles.